The van der Waals surface area contributed by atoms with Crippen molar-refractivity contribution in [3.05, 3.63) is 64.0 Å². The Morgan fingerprint density at radius 2 is 1.68 bits per heavy atom. The Kier molecular flexibility index (Phi) is 5.35. The van der Waals surface area contributed by atoms with Crippen LogP contribution in [0.2, 0.25) is 0 Å². The third-order valence-corrected chi connectivity index (χ3v) is 4.15. The Bertz CT molecular complexity index is 1100. The molecule has 0 bridgehead atoms. The molecular formula is C21H18O7. The summed E-state index contributed by atoms with van der Waals surface area (Å²) in [5.41, 5.74) is -0.555. The third-order valence-electron chi connectivity index (χ3n) is 4.15. The topological polar surface area (TPSA) is 95.2 Å². The summed E-state index contributed by atoms with van der Waals surface area (Å²) >= 11 is 0. The van der Waals surface area contributed by atoms with Crippen molar-refractivity contribution in [3.8, 4) is 23.0 Å². The van der Waals surface area contributed by atoms with Gasteiger partial charge in [0.1, 0.15) is 16.9 Å². The van der Waals surface area contributed by atoms with Crippen LogP contribution in [0.1, 0.15) is 15.9 Å². The van der Waals surface area contributed by atoms with Crippen LogP contribution in [0.4, 0.5) is 0 Å². The molecule has 3 aromatic rings. The minimum atomic E-state index is -0.907. The number of para-hydroxylation sites is 1. The number of rotatable bonds is 6. The molecular weight excluding hydrogens is 364 g/mol. The van der Waals surface area contributed by atoms with Crippen molar-refractivity contribution in [2.75, 3.05) is 21.3 Å². The number of carbonyl (C=O) groups is 1. The van der Waals surface area contributed by atoms with Crippen LogP contribution in [-0.4, -0.2) is 32.2 Å². The number of benzene rings is 2. The summed E-state index contributed by atoms with van der Waals surface area (Å²) in [4.78, 5) is 24.7. The fourth-order valence-corrected chi connectivity index (χ4v) is 2.80. The van der Waals surface area contributed by atoms with E-state index in [-0.39, 0.29) is 11.0 Å². The van der Waals surface area contributed by atoms with Crippen LogP contribution >= 0.6 is 0 Å². The first-order valence-electron chi connectivity index (χ1n) is 8.27. The first kappa shape index (κ1) is 19.0. The summed E-state index contributed by atoms with van der Waals surface area (Å²) < 4.78 is 20.9. The van der Waals surface area contributed by atoms with Crippen molar-refractivity contribution in [3.63, 3.8) is 0 Å². The average Bonchev–Trinajstić information content (AvgIpc) is 2.71. The molecule has 0 aliphatic heterocycles. The highest BCUT2D eigenvalue weighted by molar-refractivity contribution is 6.10. The Labute approximate surface area is 160 Å². The molecule has 0 amide bonds. The highest BCUT2D eigenvalue weighted by atomic mass is 16.5. The van der Waals surface area contributed by atoms with E-state index in [2.05, 4.69) is 0 Å². The van der Waals surface area contributed by atoms with Crippen LogP contribution in [0.3, 0.4) is 0 Å². The summed E-state index contributed by atoms with van der Waals surface area (Å²) in [6, 6.07) is 9.73. The molecule has 0 spiro atoms. The van der Waals surface area contributed by atoms with Crippen molar-refractivity contribution in [1.82, 2.24) is 0 Å². The largest absolute Gasteiger partial charge is 0.506 e. The van der Waals surface area contributed by atoms with Crippen LogP contribution in [0.5, 0.6) is 23.0 Å². The van der Waals surface area contributed by atoms with Crippen molar-refractivity contribution >= 4 is 22.8 Å². The Morgan fingerprint density at radius 1 is 1.04 bits per heavy atom. The van der Waals surface area contributed by atoms with Gasteiger partial charge in [0.25, 0.3) is 0 Å². The summed E-state index contributed by atoms with van der Waals surface area (Å²) in [6.45, 7) is 0. The van der Waals surface area contributed by atoms with E-state index in [0.717, 1.165) is 0 Å². The third kappa shape index (κ3) is 3.42. The first-order chi connectivity index (χ1) is 13.5. The van der Waals surface area contributed by atoms with Crippen LogP contribution in [-0.2, 0) is 0 Å². The smallest absolute Gasteiger partial charge is 0.351 e. The van der Waals surface area contributed by atoms with Gasteiger partial charge in [-0.25, -0.2) is 4.79 Å². The summed E-state index contributed by atoms with van der Waals surface area (Å²) in [5.74, 6) is 0.155. The van der Waals surface area contributed by atoms with Gasteiger partial charge < -0.3 is 23.7 Å². The maximum Gasteiger partial charge on any atom is 0.351 e. The lowest BCUT2D eigenvalue weighted by Gasteiger charge is -2.12. The quantitative estimate of drug-likeness (QED) is 0.396. The lowest BCUT2D eigenvalue weighted by Crippen LogP contribution is -2.12. The van der Waals surface area contributed by atoms with E-state index in [1.165, 1.54) is 39.5 Å². The number of hydrogen-bond acceptors (Lipinski definition) is 7. The van der Waals surface area contributed by atoms with E-state index >= 15 is 0 Å². The zero-order valence-electron chi connectivity index (χ0n) is 15.5. The zero-order valence-corrected chi connectivity index (χ0v) is 15.5. The van der Waals surface area contributed by atoms with E-state index < -0.39 is 22.7 Å². The Balaban J connectivity index is 2.01. The first-order valence-corrected chi connectivity index (χ1v) is 8.27. The molecule has 0 atom stereocenters. The number of allylic oxidation sites excluding steroid dienone is 1. The number of ketones is 1. The number of aromatic hydroxyl groups is 1. The van der Waals surface area contributed by atoms with Gasteiger partial charge in [-0.2, -0.15) is 0 Å². The second kappa shape index (κ2) is 7.87. The lowest BCUT2D eigenvalue weighted by atomic mass is 10.1. The van der Waals surface area contributed by atoms with E-state index in [0.29, 0.717) is 22.8 Å². The number of ether oxygens (including phenoxy) is 3. The van der Waals surface area contributed by atoms with E-state index in [9.17, 15) is 14.7 Å². The standard InChI is InChI=1S/C21H18O7/c1-25-16-10-12(11-17(26-2)20(16)27-3)8-9-14(22)18-19(23)13-6-4-5-7-15(13)28-21(18)24/h4-11,23H,1-3H3/b9-8+. The molecule has 0 fully saturated rings. The van der Waals surface area contributed by atoms with Gasteiger partial charge in [-0.1, -0.05) is 18.2 Å². The van der Waals surface area contributed by atoms with Crippen LogP contribution in [0, 0.1) is 0 Å². The van der Waals surface area contributed by atoms with Crippen LogP contribution in [0.15, 0.2) is 51.7 Å². The van der Waals surface area contributed by atoms with Crippen LogP contribution in [0.25, 0.3) is 17.0 Å². The van der Waals surface area contributed by atoms with Crippen LogP contribution < -0.4 is 19.8 Å². The number of hydrogen-bond donors (Lipinski definition) is 1. The number of methoxy groups -OCH3 is 3. The molecule has 1 aromatic heterocycles. The molecule has 0 saturated carbocycles. The molecule has 0 saturated heterocycles. The Hall–Kier alpha value is -3.74. The van der Waals surface area contributed by atoms with Gasteiger partial charge in [-0.15, -0.1) is 0 Å². The predicted octanol–water partition coefficient (Wildman–Crippen LogP) is 3.42. The lowest BCUT2D eigenvalue weighted by molar-refractivity contribution is 0.104. The highest BCUT2D eigenvalue weighted by Gasteiger charge is 2.19. The maximum atomic E-state index is 12.5. The monoisotopic (exact) mass is 382 g/mol. The second-order valence-electron chi connectivity index (χ2n) is 5.77. The fraction of sp³-hybridized carbons (Fsp3) is 0.143. The molecule has 1 N–H and O–H groups in total. The van der Waals surface area contributed by atoms with Crippen molar-refractivity contribution in [2.45, 2.75) is 0 Å². The van der Waals surface area contributed by atoms with Gasteiger partial charge >= 0.3 is 5.63 Å². The number of carbonyl (C=O) groups excluding carboxylic acids is 1. The fourth-order valence-electron chi connectivity index (χ4n) is 2.80. The molecule has 2 aromatic carbocycles. The Morgan fingerprint density at radius 3 is 2.29 bits per heavy atom. The summed E-state index contributed by atoms with van der Waals surface area (Å²) in [5, 5.41) is 10.6. The molecule has 3 rings (SSSR count). The van der Waals surface area contributed by atoms with E-state index in [1.807, 2.05) is 0 Å². The van der Waals surface area contributed by atoms with Gasteiger partial charge in [0.2, 0.25) is 5.75 Å². The summed E-state index contributed by atoms with van der Waals surface area (Å²) in [7, 11) is 4.45. The van der Waals surface area contributed by atoms with E-state index in [4.69, 9.17) is 18.6 Å². The predicted molar refractivity (Wildman–Crippen MR) is 104 cm³/mol. The van der Waals surface area contributed by atoms with Crippen molar-refractivity contribution in [2.24, 2.45) is 0 Å². The number of fused-ring (bicyclic) bond motifs is 1. The molecule has 1 heterocycles. The maximum absolute atomic E-state index is 12.5. The highest BCUT2D eigenvalue weighted by Crippen LogP contribution is 2.38. The van der Waals surface area contributed by atoms with E-state index in [1.54, 1.807) is 30.3 Å². The molecule has 7 nitrogen and oxygen atoms in total. The van der Waals surface area contributed by atoms with Gasteiger partial charge in [-0.05, 0) is 35.9 Å². The minimum absolute atomic E-state index is 0.204. The van der Waals surface area contributed by atoms with Gasteiger partial charge in [0.15, 0.2) is 17.3 Å². The molecule has 0 unspecified atom stereocenters. The summed E-state index contributed by atoms with van der Waals surface area (Å²) in [6.07, 6.45) is 2.64. The molecule has 7 heteroatoms. The minimum Gasteiger partial charge on any atom is -0.506 e. The van der Waals surface area contributed by atoms with Crippen molar-refractivity contribution < 1.29 is 28.5 Å². The van der Waals surface area contributed by atoms with Gasteiger partial charge in [-0.3, -0.25) is 4.79 Å². The van der Waals surface area contributed by atoms with Gasteiger partial charge in [0.05, 0.1) is 26.7 Å². The molecule has 0 radical (unpaired) electrons. The zero-order chi connectivity index (χ0) is 20.3. The molecule has 0 aliphatic rings. The average molecular weight is 382 g/mol. The second-order valence-corrected chi connectivity index (χ2v) is 5.77. The normalized spacial score (nSPS) is 11.0. The molecule has 0 aliphatic carbocycles. The molecule has 144 valence electrons. The van der Waals surface area contributed by atoms with Crippen molar-refractivity contribution in [1.29, 1.82) is 0 Å². The van der Waals surface area contributed by atoms with Gasteiger partial charge in [0, 0.05) is 0 Å². The molecule has 28 heavy (non-hydrogen) atoms. The SMILES string of the molecule is COc1cc(/C=C/C(=O)c2c(O)c3ccccc3oc2=O)cc(OC)c1OC.